The van der Waals surface area contributed by atoms with Crippen molar-refractivity contribution in [3.8, 4) is 5.75 Å². The summed E-state index contributed by atoms with van der Waals surface area (Å²) < 4.78 is 37.9. The van der Waals surface area contributed by atoms with Crippen LogP contribution in [0, 0.1) is 5.92 Å². The first-order valence-corrected chi connectivity index (χ1v) is 10.4. The van der Waals surface area contributed by atoms with Gasteiger partial charge in [-0.05, 0) is 51.8 Å². The third kappa shape index (κ3) is 7.12. The second-order valence-electron chi connectivity index (χ2n) is 7.90. The highest BCUT2D eigenvalue weighted by atomic mass is 32.2. The van der Waals surface area contributed by atoms with Crippen LogP contribution in [0.4, 0.5) is 0 Å². The summed E-state index contributed by atoms with van der Waals surface area (Å²) in [6, 6.07) is 3.86. The van der Waals surface area contributed by atoms with Crippen LogP contribution < -0.4 is 14.8 Å². The van der Waals surface area contributed by atoms with Crippen LogP contribution in [0.25, 0.3) is 0 Å². The van der Waals surface area contributed by atoms with E-state index in [1.165, 1.54) is 25.3 Å². The quantitative estimate of drug-likeness (QED) is 0.630. The van der Waals surface area contributed by atoms with E-state index in [9.17, 15) is 18.0 Å². The molecule has 0 aliphatic carbocycles. The highest BCUT2D eigenvalue weighted by molar-refractivity contribution is 7.89. The Labute approximate surface area is 167 Å². The number of carbonyl (C=O) groups is 2. The minimum Gasteiger partial charge on any atom is -0.495 e. The Hall–Kier alpha value is -2.13. The van der Waals surface area contributed by atoms with Gasteiger partial charge in [-0.1, -0.05) is 13.8 Å². The average molecular weight is 415 g/mol. The van der Waals surface area contributed by atoms with Crippen LogP contribution in [0.1, 0.15) is 51.9 Å². The number of benzene rings is 1. The maximum absolute atomic E-state index is 12.6. The zero-order valence-electron chi connectivity index (χ0n) is 17.5. The summed E-state index contributed by atoms with van der Waals surface area (Å²) in [6.45, 7) is 10.4. The van der Waals surface area contributed by atoms with Gasteiger partial charge in [-0.3, -0.25) is 4.79 Å². The van der Waals surface area contributed by atoms with Crippen LogP contribution in [-0.4, -0.2) is 45.6 Å². The molecule has 8 nitrogen and oxygen atoms in total. The van der Waals surface area contributed by atoms with Gasteiger partial charge in [0.05, 0.1) is 12.7 Å². The normalized spacial score (nSPS) is 13.1. The average Bonchev–Trinajstić information content (AvgIpc) is 2.56. The number of amides is 1. The summed E-state index contributed by atoms with van der Waals surface area (Å²) in [5.41, 5.74) is -0.717. The van der Waals surface area contributed by atoms with E-state index in [0.717, 1.165) is 0 Å². The molecule has 0 saturated heterocycles. The molecule has 9 heteroatoms. The lowest BCUT2D eigenvalue weighted by molar-refractivity contribution is -0.125. The maximum atomic E-state index is 12.6. The number of sulfonamides is 1. The van der Waals surface area contributed by atoms with Crippen LogP contribution >= 0.6 is 0 Å². The molecule has 0 aliphatic heterocycles. The number of carbonyl (C=O) groups excluding carboxylic acids is 2. The first-order chi connectivity index (χ1) is 12.8. The Morgan fingerprint density at radius 3 is 2.25 bits per heavy atom. The van der Waals surface area contributed by atoms with Crippen molar-refractivity contribution in [2.45, 2.75) is 58.0 Å². The Morgan fingerprint density at radius 2 is 1.75 bits per heavy atom. The smallest absolute Gasteiger partial charge is 0.338 e. The largest absolute Gasteiger partial charge is 0.495 e. The van der Waals surface area contributed by atoms with E-state index in [1.807, 2.05) is 20.8 Å². The van der Waals surface area contributed by atoms with Gasteiger partial charge in [-0.2, -0.15) is 0 Å². The molecule has 28 heavy (non-hydrogen) atoms. The lowest BCUT2D eigenvalue weighted by Crippen LogP contribution is -2.40. The molecule has 0 bridgehead atoms. The van der Waals surface area contributed by atoms with Gasteiger partial charge < -0.3 is 14.8 Å². The summed E-state index contributed by atoms with van der Waals surface area (Å²) in [6.07, 6.45) is 0. The maximum Gasteiger partial charge on any atom is 0.338 e. The molecule has 0 saturated carbocycles. The van der Waals surface area contributed by atoms with Crippen molar-refractivity contribution in [3.05, 3.63) is 23.8 Å². The van der Waals surface area contributed by atoms with Crippen molar-refractivity contribution >= 4 is 21.9 Å². The minimum atomic E-state index is -3.94. The van der Waals surface area contributed by atoms with E-state index >= 15 is 0 Å². The molecule has 1 amide bonds. The number of hydrogen-bond acceptors (Lipinski definition) is 6. The lowest BCUT2D eigenvalue weighted by Gasteiger charge is -2.21. The zero-order valence-corrected chi connectivity index (χ0v) is 18.3. The molecule has 2 N–H and O–H groups in total. The highest BCUT2D eigenvalue weighted by Crippen LogP contribution is 2.26. The molecule has 1 aromatic carbocycles. The van der Waals surface area contributed by atoms with Gasteiger partial charge in [0, 0.05) is 11.6 Å². The van der Waals surface area contributed by atoms with Crippen molar-refractivity contribution in [1.82, 2.24) is 10.0 Å². The number of methoxy groups -OCH3 is 1. The fraction of sp³-hybridized carbons (Fsp3) is 0.579. The van der Waals surface area contributed by atoms with Crippen LogP contribution in [0.5, 0.6) is 5.75 Å². The Bertz CT molecular complexity index is 812. The van der Waals surface area contributed by atoms with Gasteiger partial charge in [-0.15, -0.1) is 0 Å². The molecule has 0 radical (unpaired) electrons. The topological polar surface area (TPSA) is 111 Å². The second kappa shape index (κ2) is 9.38. The number of nitrogens with one attached hydrogen (secondary N) is 2. The first-order valence-electron chi connectivity index (χ1n) is 8.95. The Morgan fingerprint density at radius 1 is 1.14 bits per heavy atom. The molecular formula is C19H30N2O6S. The van der Waals surface area contributed by atoms with Crippen molar-refractivity contribution in [2.24, 2.45) is 5.92 Å². The zero-order chi connectivity index (χ0) is 21.7. The molecule has 1 aromatic rings. The number of hydrogen-bond donors (Lipinski definition) is 2. The van der Waals surface area contributed by atoms with E-state index < -0.39 is 34.0 Å². The molecule has 1 rings (SSSR count). The second-order valence-corrected chi connectivity index (χ2v) is 9.55. The number of rotatable bonds is 8. The van der Waals surface area contributed by atoms with E-state index in [2.05, 4.69) is 10.0 Å². The molecule has 158 valence electrons. The molecule has 1 unspecified atom stereocenters. The van der Waals surface area contributed by atoms with E-state index in [4.69, 9.17) is 9.47 Å². The Kier molecular flexibility index (Phi) is 8.01. The third-order valence-electron chi connectivity index (χ3n) is 3.85. The molecule has 0 aromatic heterocycles. The van der Waals surface area contributed by atoms with Crippen molar-refractivity contribution in [2.75, 3.05) is 13.7 Å². The molecule has 0 heterocycles. The number of esters is 1. The highest BCUT2D eigenvalue weighted by Gasteiger charge is 2.27. The SMILES string of the molecule is COc1ccc(C(=O)OCC(=O)NC(C)C(C)C)cc1S(=O)(=O)NC(C)(C)C. The van der Waals surface area contributed by atoms with Gasteiger partial charge in [0.15, 0.2) is 6.61 Å². The summed E-state index contributed by atoms with van der Waals surface area (Å²) in [5, 5.41) is 2.72. The first kappa shape index (κ1) is 23.9. The van der Waals surface area contributed by atoms with Gasteiger partial charge in [-0.25, -0.2) is 17.9 Å². The lowest BCUT2D eigenvalue weighted by atomic mass is 10.1. The molecular weight excluding hydrogens is 384 g/mol. The molecule has 1 atom stereocenters. The van der Waals surface area contributed by atoms with E-state index in [0.29, 0.717) is 0 Å². The van der Waals surface area contributed by atoms with Gasteiger partial charge in [0.25, 0.3) is 5.91 Å². The van der Waals surface area contributed by atoms with Crippen LogP contribution in [-0.2, 0) is 19.6 Å². The summed E-state index contributed by atoms with van der Waals surface area (Å²) in [4.78, 5) is 24.0. The third-order valence-corrected chi connectivity index (χ3v) is 5.63. The predicted molar refractivity (Wildman–Crippen MR) is 106 cm³/mol. The van der Waals surface area contributed by atoms with Gasteiger partial charge in [0.1, 0.15) is 10.6 Å². The van der Waals surface area contributed by atoms with E-state index in [-0.39, 0.29) is 28.2 Å². The van der Waals surface area contributed by atoms with E-state index in [1.54, 1.807) is 20.8 Å². The fourth-order valence-electron chi connectivity index (χ4n) is 2.15. The molecule has 0 aliphatic rings. The van der Waals surface area contributed by atoms with Crippen molar-refractivity contribution in [1.29, 1.82) is 0 Å². The molecule has 0 spiro atoms. The minimum absolute atomic E-state index is 0.000192. The number of ether oxygens (including phenoxy) is 2. The Balaban J connectivity index is 2.98. The molecule has 0 fully saturated rings. The van der Waals surface area contributed by atoms with Crippen LogP contribution in [0.15, 0.2) is 23.1 Å². The van der Waals surface area contributed by atoms with Crippen LogP contribution in [0.2, 0.25) is 0 Å². The predicted octanol–water partition coefficient (Wildman–Crippen LogP) is 2.09. The van der Waals surface area contributed by atoms with Crippen molar-refractivity contribution < 1.29 is 27.5 Å². The summed E-state index contributed by atoms with van der Waals surface area (Å²) in [7, 11) is -2.60. The summed E-state index contributed by atoms with van der Waals surface area (Å²) in [5.74, 6) is -0.895. The van der Waals surface area contributed by atoms with Gasteiger partial charge in [0.2, 0.25) is 10.0 Å². The van der Waals surface area contributed by atoms with Crippen molar-refractivity contribution in [3.63, 3.8) is 0 Å². The fourth-order valence-corrected chi connectivity index (χ4v) is 3.76. The monoisotopic (exact) mass is 414 g/mol. The summed E-state index contributed by atoms with van der Waals surface area (Å²) >= 11 is 0. The van der Waals surface area contributed by atoms with Crippen LogP contribution in [0.3, 0.4) is 0 Å². The standard InChI is InChI=1S/C19H30N2O6S/c1-12(2)13(3)20-17(22)11-27-18(23)14-8-9-15(26-7)16(10-14)28(24,25)21-19(4,5)6/h8-10,12-13,21H,11H2,1-7H3,(H,20,22). The van der Waals surface area contributed by atoms with Gasteiger partial charge >= 0.3 is 5.97 Å².